The summed E-state index contributed by atoms with van der Waals surface area (Å²) in [5.41, 5.74) is 0. The van der Waals surface area contributed by atoms with Crippen molar-refractivity contribution < 1.29 is 14.6 Å². The molecule has 2 aliphatic rings. The van der Waals surface area contributed by atoms with Crippen LogP contribution in [0.5, 0.6) is 0 Å². The number of aliphatic hydroxyl groups excluding tert-OH is 1. The Morgan fingerprint density at radius 2 is 2.10 bits per heavy atom. The number of carbonyl (C=O) groups excluding carboxylic acids is 1. The van der Waals surface area contributed by atoms with Crippen LogP contribution in [0.2, 0.25) is 0 Å². The van der Waals surface area contributed by atoms with Crippen molar-refractivity contribution >= 4 is 5.91 Å². The van der Waals surface area contributed by atoms with E-state index in [1.54, 1.807) is 0 Å². The van der Waals surface area contributed by atoms with E-state index in [1.165, 1.54) is 0 Å². The molecule has 2 atom stereocenters. The average Bonchev–Trinajstić information content (AvgIpc) is 2.53. The molecule has 2 fully saturated rings. The lowest BCUT2D eigenvalue weighted by Gasteiger charge is -2.39. The summed E-state index contributed by atoms with van der Waals surface area (Å²) in [6, 6.07) is -0.0600. The van der Waals surface area contributed by atoms with Gasteiger partial charge in [0, 0.05) is 19.6 Å². The second kappa shape index (κ2) is 8.51. The maximum atomic E-state index is 12.7. The number of nitrogens with zero attached hydrogens (tertiary/aromatic N) is 2. The van der Waals surface area contributed by atoms with Crippen molar-refractivity contribution in [3.63, 3.8) is 0 Å². The molecule has 2 aliphatic heterocycles. The quantitative estimate of drug-likeness (QED) is 0.744. The monoisotopic (exact) mass is 296 g/mol. The number of morpholine rings is 1. The van der Waals surface area contributed by atoms with E-state index in [2.05, 4.69) is 11.5 Å². The topological polar surface area (TPSA) is 53.0 Å². The summed E-state index contributed by atoms with van der Waals surface area (Å²) >= 11 is 0. The fourth-order valence-electron chi connectivity index (χ4n) is 3.16. The zero-order valence-electron chi connectivity index (χ0n) is 12.9. The van der Waals surface area contributed by atoms with Gasteiger partial charge in [0.1, 0.15) is 0 Å². The first-order chi connectivity index (χ1) is 10.2. The third-order valence-electron chi connectivity index (χ3n) is 4.37. The van der Waals surface area contributed by atoms with Gasteiger partial charge in [-0.05, 0) is 32.2 Å². The van der Waals surface area contributed by atoms with E-state index in [-0.39, 0.29) is 18.1 Å². The maximum Gasteiger partial charge on any atom is 0.240 e. The van der Waals surface area contributed by atoms with E-state index in [0.29, 0.717) is 32.8 Å². The Morgan fingerprint density at radius 3 is 2.81 bits per heavy atom. The molecule has 0 saturated carbocycles. The van der Waals surface area contributed by atoms with Crippen LogP contribution >= 0.6 is 0 Å². The number of likely N-dealkylation sites (tertiary alicyclic amines) is 1. The van der Waals surface area contributed by atoms with Crippen molar-refractivity contribution in [3.8, 4) is 0 Å². The molecular formula is C16H28N2O3. The van der Waals surface area contributed by atoms with Crippen LogP contribution in [-0.4, -0.2) is 72.4 Å². The fraction of sp³-hybridized carbons (Fsp3) is 0.812. The van der Waals surface area contributed by atoms with Gasteiger partial charge in [-0.2, -0.15) is 0 Å². The molecule has 1 amide bonds. The molecule has 1 N–H and O–H groups in total. The molecule has 2 heterocycles. The molecule has 120 valence electrons. The van der Waals surface area contributed by atoms with E-state index in [4.69, 9.17) is 4.74 Å². The van der Waals surface area contributed by atoms with E-state index in [0.717, 1.165) is 38.6 Å². The Hall–Kier alpha value is -0.910. The number of ether oxygens (including phenoxy) is 1. The normalized spacial score (nSPS) is 25.6. The number of allylic oxidation sites excluding steroid dienone is 1. The highest BCUT2D eigenvalue weighted by Gasteiger charge is 2.33. The van der Waals surface area contributed by atoms with Crippen LogP contribution in [0.1, 0.15) is 32.1 Å². The molecule has 2 saturated heterocycles. The summed E-state index contributed by atoms with van der Waals surface area (Å²) in [5.74, 6) is 0.217. The zero-order valence-corrected chi connectivity index (χ0v) is 12.9. The number of piperidine rings is 1. The van der Waals surface area contributed by atoms with Crippen molar-refractivity contribution in [1.82, 2.24) is 9.80 Å². The number of rotatable bonds is 6. The first kappa shape index (κ1) is 16.5. The van der Waals surface area contributed by atoms with Crippen LogP contribution in [0.25, 0.3) is 0 Å². The van der Waals surface area contributed by atoms with Crippen LogP contribution in [0.3, 0.4) is 0 Å². The summed E-state index contributed by atoms with van der Waals surface area (Å²) in [6.45, 7) is 7.86. The molecule has 21 heavy (non-hydrogen) atoms. The first-order valence-electron chi connectivity index (χ1n) is 8.12. The van der Waals surface area contributed by atoms with Gasteiger partial charge in [-0.3, -0.25) is 9.69 Å². The fourth-order valence-corrected chi connectivity index (χ4v) is 3.16. The third-order valence-corrected chi connectivity index (χ3v) is 4.37. The Bertz CT molecular complexity index is 342. The van der Waals surface area contributed by atoms with Crippen molar-refractivity contribution in [2.24, 2.45) is 0 Å². The largest absolute Gasteiger partial charge is 0.392 e. The summed E-state index contributed by atoms with van der Waals surface area (Å²) in [7, 11) is 0. The van der Waals surface area contributed by atoms with Crippen molar-refractivity contribution in [3.05, 3.63) is 12.7 Å². The number of aliphatic hydroxyl groups is 1. The number of hydrogen-bond donors (Lipinski definition) is 1. The van der Waals surface area contributed by atoms with Crippen LogP contribution in [0.15, 0.2) is 12.7 Å². The van der Waals surface area contributed by atoms with E-state index in [9.17, 15) is 9.90 Å². The van der Waals surface area contributed by atoms with Crippen LogP contribution < -0.4 is 0 Å². The minimum absolute atomic E-state index is 0.0600. The summed E-state index contributed by atoms with van der Waals surface area (Å²) < 4.78 is 5.32. The highest BCUT2D eigenvalue weighted by Crippen LogP contribution is 2.20. The summed E-state index contributed by atoms with van der Waals surface area (Å²) in [5, 5.41) is 10.1. The van der Waals surface area contributed by atoms with Crippen molar-refractivity contribution in [2.75, 3.05) is 39.4 Å². The Morgan fingerprint density at radius 1 is 1.33 bits per heavy atom. The lowest BCUT2D eigenvalue weighted by atomic mass is 9.99. The molecule has 2 unspecified atom stereocenters. The van der Waals surface area contributed by atoms with Crippen LogP contribution in [-0.2, 0) is 9.53 Å². The number of hydrogen-bond acceptors (Lipinski definition) is 4. The minimum atomic E-state index is -0.374. The van der Waals surface area contributed by atoms with E-state index in [1.807, 2.05) is 11.0 Å². The summed E-state index contributed by atoms with van der Waals surface area (Å²) in [6.07, 6.45) is 6.11. The second-order valence-corrected chi connectivity index (χ2v) is 5.96. The highest BCUT2D eigenvalue weighted by molar-refractivity contribution is 5.82. The van der Waals surface area contributed by atoms with Gasteiger partial charge >= 0.3 is 0 Å². The molecule has 0 aromatic carbocycles. The van der Waals surface area contributed by atoms with Crippen molar-refractivity contribution in [2.45, 2.75) is 44.2 Å². The van der Waals surface area contributed by atoms with Gasteiger partial charge in [0.05, 0.1) is 25.4 Å². The SMILES string of the molecule is C=CCCC(O)CN1CCCCC1C(=O)N1CCOCC1. The molecule has 5 nitrogen and oxygen atoms in total. The number of amides is 1. The predicted octanol–water partition coefficient (Wildman–Crippen LogP) is 1.03. The Balaban J connectivity index is 1.90. The zero-order chi connectivity index (χ0) is 15.1. The molecule has 0 aromatic rings. The molecule has 0 bridgehead atoms. The van der Waals surface area contributed by atoms with Crippen LogP contribution in [0.4, 0.5) is 0 Å². The molecular weight excluding hydrogens is 268 g/mol. The first-order valence-corrected chi connectivity index (χ1v) is 8.12. The molecule has 2 rings (SSSR count). The highest BCUT2D eigenvalue weighted by atomic mass is 16.5. The smallest absolute Gasteiger partial charge is 0.240 e. The number of β-amino-alcohol motifs (C(OH)–C–C–N with tert-alkyl or cyclic N) is 1. The molecule has 0 spiro atoms. The minimum Gasteiger partial charge on any atom is -0.392 e. The molecule has 0 aromatic heterocycles. The summed E-state index contributed by atoms with van der Waals surface area (Å²) in [4.78, 5) is 16.8. The molecule has 5 heteroatoms. The van der Waals surface area contributed by atoms with E-state index < -0.39 is 0 Å². The predicted molar refractivity (Wildman–Crippen MR) is 82.0 cm³/mol. The van der Waals surface area contributed by atoms with Gasteiger partial charge in [-0.15, -0.1) is 6.58 Å². The second-order valence-electron chi connectivity index (χ2n) is 5.96. The Labute approximate surface area is 127 Å². The van der Waals surface area contributed by atoms with Gasteiger partial charge in [-0.25, -0.2) is 0 Å². The number of carbonyl (C=O) groups is 1. The van der Waals surface area contributed by atoms with Gasteiger partial charge in [0.2, 0.25) is 5.91 Å². The van der Waals surface area contributed by atoms with Gasteiger partial charge < -0.3 is 14.7 Å². The third kappa shape index (κ3) is 4.80. The standard InChI is InChI=1S/C16H28N2O3/c1-2-3-6-14(19)13-18-8-5-4-7-15(18)16(20)17-9-11-21-12-10-17/h2,14-15,19H,1,3-13H2. The van der Waals surface area contributed by atoms with Crippen molar-refractivity contribution in [1.29, 1.82) is 0 Å². The average molecular weight is 296 g/mol. The van der Waals surface area contributed by atoms with Gasteiger partial charge in [-0.1, -0.05) is 12.5 Å². The Kier molecular flexibility index (Phi) is 6.67. The van der Waals surface area contributed by atoms with Gasteiger partial charge in [0.15, 0.2) is 0 Å². The molecule has 0 radical (unpaired) electrons. The maximum absolute atomic E-state index is 12.7. The van der Waals surface area contributed by atoms with Crippen LogP contribution in [0, 0.1) is 0 Å². The van der Waals surface area contributed by atoms with E-state index >= 15 is 0 Å². The molecule has 0 aliphatic carbocycles. The van der Waals surface area contributed by atoms with Gasteiger partial charge in [0.25, 0.3) is 0 Å². The lowest BCUT2D eigenvalue weighted by Crippen LogP contribution is -2.54. The lowest BCUT2D eigenvalue weighted by molar-refractivity contribution is -0.143.